The molecule has 1 amide bonds. The van der Waals surface area contributed by atoms with Gasteiger partial charge in [-0.1, -0.05) is 55.8 Å². The van der Waals surface area contributed by atoms with Gasteiger partial charge in [-0.3, -0.25) is 14.5 Å². The summed E-state index contributed by atoms with van der Waals surface area (Å²) in [5.41, 5.74) is 2.46. The minimum absolute atomic E-state index is 0.0423. The summed E-state index contributed by atoms with van der Waals surface area (Å²) in [5.74, 6) is -0.849. The number of Topliss-reactive ketones (excluding diaryl/α,β-unsaturated/α-hetero) is 1. The van der Waals surface area contributed by atoms with Gasteiger partial charge >= 0.3 is 0 Å². The average Bonchev–Trinajstić information content (AvgIpc) is 3.17. The Morgan fingerprint density at radius 1 is 1.00 bits per heavy atom. The first-order chi connectivity index (χ1) is 17.4. The quantitative estimate of drug-likeness (QED) is 0.220. The zero-order chi connectivity index (χ0) is 25.8. The van der Waals surface area contributed by atoms with Crippen LogP contribution in [0.25, 0.3) is 5.76 Å². The van der Waals surface area contributed by atoms with E-state index < -0.39 is 17.7 Å². The van der Waals surface area contributed by atoms with E-state index >= 15 is 0 Å². The number of amides is 1. The lowest BCUT2D eigenvalue weighted by molar-refractivity contribution is -0.132. The number of hydrogen-bond acceptors (Lipinski definition) is 5. The van der Waals surface area contributed by atoms with Gasteiger partial charge in [0.05, 0.1) is 30.4 Å². The molecule has 0 saturated carbocycles. The normalized spacial score (nSPS) is 16.9. The monoisotopic (exact) mass is 505 g/mol. The van der Waals surface area contributed by atoms with Crippen molar-refractivity contribution >= 4 is 34.7 Å². The second-order valence-electron chi connectivity index (χ2n) is 8.46. The molecule has 0 radical (unpaired) electrons. The number of aliphatic hydroxyl groups is 1. The van der Waals surface area contributed by atoms with E-state index in [1.165, 1.54) is 12.0 Å². The standard InChI is InChI=1S/C29H28ClNO5/c1-4-15-36-22-8-6-7-20(16-22)31-26(19-11-9-18(5-2)10-12-19)25(28(33)29(31)34)27(32)23-17-21(35-3)13-14-24(23)30/h6-14,16-17,26,32H,4-5,15H2,1-3H3/b27-25+. The Balaban J connectivity index is 1.92. The molecule has 1 aliphatic heterocycles. The van der Waals surface area contributed by atoms with Crippen molar-refractivity contribution in [3.05, 3.63) is 94.0 Å². The van der Waals surface area contributed by atoms with Crippen molar-refractivity contribution in [2.24, 2.45) is 0 Å². The number of carbonyl (C=O) groups excluding carboxylic acids is 2. The van der Waals surface area contributed by atoms with Crippen LogP contribution in [-0.2, 0) is 16.0 Å². The summed E-state index contributed by atoms with van der Waals surface area (Å²) >= 11 is 6.39. The Bertz CT molecular complexity index is 1320. The van der Waals surface area contributed by atoms with Crippen LogP contribution < -0.4 is 14.4 Å². The van der Waals surface area contributed by atoms with Crippen LogP contribution in [0.3, 0.4) is 0 Å². The van der Waals surface area contributed by atoms with Crippen molar-refractivity contribution in [2.75, 3.05) is 18.6 Å². The van der Waals surface area contributed by atoms with E-state index in [2.05, 4.69) is 0 Å². The van der Waals surface area contributed by atoms with Gasteiger partial charge in [0.15, 0.2) is 0 Å². The molecule has 4 rings (SSSR count). The second-order valence-corrected chi connectivity index (χ2v) is 8.86. The SMILES string of the molecule is CCCOc1cccc(N2C(=O)C(=O)/C(=C(/O)c3cc(OC)ccc3Cl)C2c2ccc(CC)cc2)c1. The Labute approximate surface area is 215 Å². The van der Waals surface area contributed by atoms with E-state index in [-0.39, 0.29) is 21.9 Å². The highest BCUT2D eigenvalue weighted by molar-refractivity contribution is 6.52. The summed E-state index contributed by atoms with van der Waals surface area (Å²) in [4.78, 5) is 28.2. The largest absolute Gasteiger partial charge is 0.507 e. The third-order valence-corrected chi connectivity index (χ3v) is 6.48. The molecule has 1 saturated heterocycles. The number of anilines is 1. The number of halogens is 1. The number of hydrogen-bond donors (Lipinski definition) is 1. The maximum absolute atomic E-state index is 13.4. The Kier molecular flexibility index (Phi) is 7.65. The van der Waals surface area contributed by atoms with E-state index in [1.54, 1.807) is 42.5 Å². The Hall–Kier alpha value is -3.77. The van der Waals surface area contributed by atoms with Gasteiger partial charge in [-0.2, -0.15) is 0 Å². The smallest absolute Gasteiger partial charge is 0.300 e. The zero-order valence-corrected chi connectivity index (χ0v) is 21.2. The maximum atomic E-state index is 13.4. The number of aryl methyl sites for hydroxylation is 1. The van der Waals surface area contributed by atoms with Gasteiger partial charge in [0.25, 0.3) is 11.7 Å². The van der Waals surface area contributed by atoms with Gasteiger partial charge < -0.3 is 14.6 Å². The summed E-state index contributed by atoms with van der Waals surface area (Å²) in [5, 5.41) is 11.6. The molecule has 186 valence electrons. The molecule has 6 nitrogen and oxygen atoms in total. The van der Waals surface area contributed by atoms with Crippen LogP contribution in [0.5, 0.6) is 11.5 Å². The molecule has 1 heterocycles. The molecule has 1 fully saturated rings. The number of rotatable bonds is 8. The summed E-state index contributed by atoms with van der Waals surface area (Å²) in [6.07, 6.45) is 1.68. The van der Waals surface area contributed by atoms with Crippen molar-refractivity contribution in [2.45, 2.75) is 32.7 Å². The molecule has 3 aromatic rings. The molecule has 1 unspecified atom stereocenters. The van der Waals surface area contributed by atoms with Gasteiger partial charge in [0.2, 0.25) is 0 Å². The number of ketones is 1. The highest BCUT2D eigenvalue weighted by Gasteiger charge is 2.47. The molecule has 3 aromatic carbocycles. The Morgan fingerprint density at radius 2 is 1.75 bits per heavy atom. The van der Waals surface area contributed by atoms with Crippen molar-refractivity contribution in [1.29, 1.82) is 0 Å². The van der Waals surface area contributed by atoms with Gasteiger partial charge in [0.1, 0.15) is 17.3 Å². The van der Waals surface area contributed by atoms with Crippen LogP contribution in [0.2, 0.25) is 5.02 Å². The minimum atomic E-state index is -0.861. The first-order valence-electron chi connectivity index (χ1n) is 11.9. The predicted octanol–water partition coefficient (Wildman–Crippen LogP) is 6.33. The highest BCUT2D eigenvalue weighted by atomic mass is 35.5. The maximum Gasteiger partial charge on any atom is 0.300 e. The lowest BCUT2D eigenvalue weighted by Gasteiger charge is -2.26. The number of methoxy groups -OCH3 is 1. The molecule has 36 heavy (non-hydrogen) atoms. The van der Waals surface area contributed by atoms with Crippen LogP contribution in [-0.4, -0.2) is 30.5 Å². The van der Waals surface area contributed by atoms with Gasteiger partial charge in [-0.05, 0) is 54.3 Å². The first-order valence-corrected chi connectivity index (χ1v) is 12.2. The lowest BCUT2D eigenvalue weighted by Crippen LogP contribution is -2.29. The fourth-order valence-corrected chi connectivity index (χ4v) is 4.46. The Morgan fingerprint density at radius 3 is 2.42 bits per heavy atom. The number of aliphatic hydroxyl groups excluding tert-OH is 1. The average molecular weight is 506 g/mol. The predicted molar refractivity (Wildman–Crippen MR) is 141 cm³/mol. The summed E-state index contributed by atoms with van der Waals surface area (Å²) < 4.78 is 11.0. The van der Waals surface area contributed by atoms with Crippen molar-refractivity contribution in [3.8, 4) is 11.5 Å². The fraction of sp³-hybridized carbons (Fsp3) is 0.241. The zero-order valence-electron chi connectivity index (χ0n) is 20.5. The molecule has 1 aliphatic rings. The third-order valence-electron chi connectivity index (χ3n) is 6.15. The van der Waals surface area contributed by atoms with Crippen LogP contribution in [0.4, 0.5) is 5.69 Å². The molecule has 0 spiro atoms. The van der Waals surface area contributed by atoms with Crippen molar-refractivity contribution in [1.82, 2.24) is 0 Å². The molecule has 0 aliphatic carbocycles. The molecule has 1 N–H and O–H groups in total. The molecular formula is C29H28ClNO5. The number of ether oxygens (including phenoxy) is 2. The van der Waals surface area contributed by atoms with Crippen molar-refractivity contribution in [3.63, 3.8) is 0 Å². The minimum Gasteiger partial charge on any atom is -0.507 e. The van der Waals surface area contributed by atoms with Gasteiger partial charge in [0, 0.05) is 17.3 Å². The van der Waals surface area contributed by atoms with Crippen LogP contribution in [0.1, 0.15) is 43.0 Å². The lowest BCUT2D eigenvalue weighted by atomic mass is 9.94. The van der Waals surface area contributed by atoms with E-state index in [1.807, 2.05) is 38.1 Å². The van der Waals surface area contributed by atoms with E-state index in [4.69, 9.17) is 21.1 Å². The summed E-state index contributed by atoms with van der Waals surface area (Å²) in [6, 6.07) is 18.6. The number of carbonyl (C=O) groups is 2. The summed E-state index contributed by atoms with van der Waals surface area (Å²) in [6.45, 7) is 4.58. The number of nitrogens with zero attached hydrogens (tertiary/aromatic N) is 1. The second kappa shape index (κ2) is 10.9. The van der Waals surface area contributed by atoms with Crippen molar-refractivity contribution < 1.29 is 24.2 Å². The molecule has 0 aromatic heterocycles. The first kappa shape index (κ1) is 25.3. The van der Waals surface area contributed by atoms with Gasteiger partial charge in [-0.15, -0.1) is 0 Å². The fourth-order valence-electron chi connectivity index (χ4n) is 4.25. The van der Waals surface area contributed by atoms with E-state index in [0.29, 0.717) is 29.4 Å². The molecule has 7 heteroatoms. The van der Waals surface area contributed by atoms with Crippen LogP contribution >= 0.6 is 11.6 Å². The summed E-state index contributed by atoms with van der Waals surface area (Å²) in [7, 11) is 1.49. The third kappa shape index (κ3) is 4.82. The van der Waals surface area contributed by atoms with Gasteiger partial charge in [-0.25, -0.2) is 0 Å². The molecule has 0 bridgehead atoms. The molecular weight excluding hydrogens is 478 g/mol. The van der Waals surface area contributed by atoms with Crippen LogP contribution in [0.15, 0.2) is 72.3 Å². The highest BCUT2D eigenvalue weighted by Crippen LogP contribution is 2.44. The number of benzene rings is 3. The topological polar surface area (TPSA) is 76.1 Å². The van der Waals surface area contributed by atoms with Crippen LogP contribution in [0, 0.1) is 0 Å². The molecule has 1 atom stereocenters. The van der Waals surface area contributed by atoms with E-state index in [0.717, 1.165) is 18.4 Å². The van der Waals surface area contributed by atoms with E-state index in [9.17, 15) is 14.7 Å².